The molecule has 0 unspecified atom stereocenters. The molecule has 0 aliphatic carbocycles. The first-order chi connectivity index (χ1) is 13.3. The summed E-state index contributed by atoms with van der Waals surface area (Å²) in [4.78, 5) is 23.7. The lowest BCUT2D eigenvalue weighted by molar-refractivity contribution is 0.0943. The molecule has 0 saturated carbocycles. The lowest BCUT2D eigenvalue weighted by Gasteiger charge is -2.19. The molecule has 152 valence electrons. The van der Waals surface area contributed by atoms with Gasteiger partial charge in [0.15, 0.2) is 5.16 Å². The highest BCUT2D eigenvalue weighted by Gasteiger charge is 2.12. The lowest BCUT2D eigenvalue weighted by Crippen LogP contribution is -2.29. The van der Waals surface area contributed by atoms with Gasteiger partial charge in [-0.15, -0.1) is 0 Å². The number of carbonyl (C=O) groups is 1. The average molecular weight is 401 g/mol. The SMILES string of the molecule is CCCN(C)c1cc(C(C)C)nc(SCc2ccc(C(=O)NC(C)C)cc2)n1. The molecule has 0 aliphatic rings. The molecular formula is C22H32N4OS. The summed E-state index contributed by atoms with van der Waals surface area (Å²) < 4.78 is 0. The summed E-state index contributed by atoms with van der Waals surface area (Å²) in [5, 5.41) is 3.71. The van der Waals surface area contributed by atoms with Crippen molar-refractivity contribution in [3.8, 4) is 0 Å². The van der Waals surface area contributed by atoms with Gasteiger partial charge in [0.25, 0.3) is 5.91 Å². The molecule has 0 radical (unpaired) electrons. The van der Waals surface area contributed by atoms with Gasteiger partial charge in [0.05, 0.1) is 0 Å². The number of thioether (sulfide) groups is 1. The predicted octanol–water partition coefficient (Wildman–Crippen LogP) is 4.88. The summed E-state index contributed by atoms with van der Waals surface area (Å²) in [6.07, 6.45) is 1.08. The Hall–Kier alpha value is -2.08. The van der Waals surface area contributed by atoms with Crippen molar-refractivity contribution in [3.05, 3.63) is 47.2 Å². The van der Waals surface area contributed by atoms with Gasteiger partial charge in [-0.05, 0) is 43.9 Å². The Morgan fingerprint density at radius 1 is 1.14 bits per heavy atom. The van der Waals surface area contributed by atoms with Crippen molar-refractivity contribution < 1.29 is 4.79 Å². The fourth-order valence-corrected chi connectivity index (χ4v) is 3.50. The third kappa shape index (κ3) is 6.51. The van der Waals surface area contributed by atoms with E-state index in [1.807, 2.05) is 38.1 Å². The van der Waals surface area contributed by atoms with E-state index in [4.69, 9.17) is 9.97 Å². The Kier molecular flexibility index (Phi) is 8.30. The second-order valence-electron chi connectivity index (χ2n) is 7.62. The number of hydrogen-bond donors (Lipinski definition) is 1. The van der Waals surface area contributed by atoms with Gasteiger partial charge in [-0.25, -0.2) is 9.97 Å². The van der Waals surface area contributed by atoms with Crippen LogP contribution in [0.1, 0.15) is 68.6 Å². The largest absolute Gasteiger partial charge is 0.360 e. The molecule has 0 spiro atoms. The first-order valence-corrected chi connectivity index (χ1v) is 10.9. The van der Waals surface area contributed by atoms with E-state index in [0.29, 0.717) is 11.5 Å². The molecule has 2 rings (SSSR count). The van der Waals surface area contributed by atoms with Gasteiger partial charge < -0.3 is 10.2 Å². The fourth-order valence-electron chi connectivity index (χ4n) is 2.68. The summed E-state index contributed by atoms with van der Waals surface area (Å²) in [5.41, 5.74) is 2.90. The summed E-state index contributed by atoms with van der Waals surface area (Å²) in [6, 6.07) is 9.97. The van der Waals surface area contributed by atoms with Crippen LogP contribution in [0.25, 0.3) is 0 Å². The highest BCUT2D eigenvalue weighted by atomic mass is 32.2. The monoisotopic (exact) mass is 400 g/mol. The van der Waals surface area contributed by atoms with E-state index in [-0.39, 0.29) is 11.9 Å². The zero-order valence-corrected chi connectivity index (χ0v) is 18.6. The van der Waals surface area contributed by atoms with E-state index in [9.17, 15) is 4.79 Å². The quantitative estimate of drug-likeness (QED) is 0.480. The molecule has 0 bridgehead atoms. The average Bonchev–Trinajstić information content (AvgIpc) is 2.66. The molecule has 1 heterocycles. The van der Waals surface area contributed by atoms with Crippen LogP contribution in [0.2, 0.25) is 0 Å². The van der Waals surface area contributed by atoms with Crippen molar-refractivity contribution in [1.82, 2.24) is 15.3 Å². The maximum absolute atomic E-state index is 12.1. The second-order valence-corrected chi connectivity index (χ2v) is 8.57. The lowest BCUT2D eigenvalue weighted by atomic mass is 10.1. The van der Waals surface area contributed by atoms with Crippen LogP contribution in [0, 0.1) is 0 Å². The van der Waals surface area contributed by atoms with Gasteiger partial charge in [0, 0.05) is 42.7 Å². The molecule has 1 amide bonds. The molecule has 28 heavy (non-hydrogen) atoms. The molecule has 5 nitrogen and oxygen atoms in total. The van der Waals surface area contributed by atoms with Gasteiger partial charge in [-0.3, -0.25) is 4.79 Å². The molecule has 6 heteroatoms. The summed E-state index contributed by atoms with van der Waals surface area (Å²) in [6.45, 7) is 11.4. The third-order valence-electron chi connectivity index (χ3n) is 4.26. The number of nitrogens with one attached hydrogen (secondary N) is 1. The van der Waals surface area contributed by atoms with E-state index in [2.05, 4.69) is 44.1 Å². The van der Waals surface area contributed by atoms with Gasteiger partial charge in [0.1, 0.15) is 5.82 Å². The minimum Gasteiger partial charge on any atom is -0.360 e. The number of benzene rings is 1. The van der Waals surface area contributed by atoms with Crippen molar-refractivity contribution in [2.75, 3.05) is 18.5 Å². The molecule has 1 aromatic heterocycles. The molecule has 0 aliphatic heterocycles. The first kappa shape index (κ1) is 22.2. The number of nitrogens with zero attached hydrogens (tertiary/aromatic N) is 3. The Balaban J connectivity index is 2.09. The summed E-state index contributed by atoms with van der Waals surface area (Å²) in [5.74, 6) is 2.06. The standard InChI is InChI=1S/C22H32N4OS/c1-7-12-26(6)20-13-19(15(2)3)24-22(25-20)28-14-17-8-10-18(11-9-17)21(27)23-16(4)5/h8-11,13,15-16H,7,12,14H2,1-6H3,(H,23,27). The van der Waals surface area contributed by atoms with E-state index < -0.39 is 0 Å². The van der Waals surface area contributed by atoms with E-state index >= 15 is 0 Å². The van der Waals surface area contributed by atoms with Crippen LogP contribution < -0.4 is 10.2 Å². The Morgan fingerprint density at radius 2 is 1.82 bits per heavy atom. The van der Waals surface area contributed by atoms with Gasteiger partial charge in [-0.1, -0.05) is 44.7 Å². The number of rotatable bonds is 9. The fraction of sp³-hybridized carbons (Fsp3) is 0.500. The van der Waals surface area contributed by atoms with Gasteiger partial charge in [0.2, 0.25) is 0 Å². The number of hydrogen-bond acceptors (Lipinski definition) is 5. The van der Waals surface area contributed by atoms with Crippen LogP contribution in [0.3, 0.4) is 0 Å². The zero-order valence-electron chi connectivity index (χ0n) is 17.8. The summed E-state index contributed by atoms with van der Waals surface area (Å²) >= 11 is 1.63. The van der Waals surface area contributed by atoms with Crippen LogP contribution in [-0.4, -0.2) is 35.5 Å². The first-order valence-electron chi connectivity index (χ1n) is 9.92. The van der Waals surface area contributed by atoms with E-state index in [0.717, 1.165) is 41.0 Å². The minimum absolute atomic E-state index is 0.0363. The highest BCUT2D eigenvalue weighted by Crippen LogP contribution is 2.25. The van der Waals surface area contributed by atoms with Crippen LogP contribution in [0.5, 0.6) is 0 Å². The summed E-state index contributed by atoms with van der Waals surface area (Å²) in [7, 11) is 2.07. The molecule has 0 fully saturated rings. The van der Waals surface area contributed by atoms with Crippen molar-refractivity contribution in [2.45, 2.75) is 63.9 Å². The number of aromatic nitrogens is 2. The van der Waals surface area contributed by atoms with Crippen LogP contribution in [-0.2, 0) is 5.75 Å². The van der Waals surface area contributed by atoms with E-state index in [1.54, 1.807) is 11.8 Å². The van der Waals surface area contributed by atoms with Crippen LogP contribution in [0.4, 0.5) is 5.82 Å². The predicted molar refractivity (Wildman–Crippen MR) is 118 cm³/mol. The molecule has 1 N–H and O–H groups in total. The van der Waals surface area contributed by atoms with Crippen molar-refractivity contribution in [1.29, 1.82) is 0 Å². The van der Waals surface area contributed by atoms with Crippen molar-refractivity contribution >= 4 is 23.5 Å². The van der Waals surface area contributed by atoms with Crippen LogP contribution in [0.15, 0.2) is 35.5 Å². The minimum atomic E-state index is -0.0363. The molecule has 0 atom stereocenters. The van der Waals surface area contributed by atoms with Crippen LogP contribution >= 0.6 is 11.8 Å². The van der Waals surface area contributed by atoms with Crippen molar-refractivity contribution in [3.63, 3.8) is 0 Å². The Morgan fingerprint density at radius 3 is 2.39 bits per heavy atom. The maximum atomic E-state index is 12.1. The normalized spacial score (nSPS) is 11.1. The number of amides is 1. The number of anilines is 1. The third-order valence-corrected chi connectivity index (χ3v) is 5.18. The molecule has 1 aromatic carbocycles. The molecule has 2 aromatic rings. The maximum Gasteiger partial charge on any atom is 0.251 e. The van der Waals surface area contributed by atoms with Gasteiger partial charge >= 0.3 is 0 Å². The van der Waals surface area contributed by atoms with Gasteiger partial charge in [-0.2, -0.15) is 0 Å². The highest BCUT2D eigenvalue weighted by molar-refractivity contribution is 7.98. The second kappa shape index (κ2) is 10.5. The van der Waals surface area contributed by atoms with E-state index in [1.165, 1.54) is 0 Å². The topological polar surface area (TPSA) is 58.1 Å². The van der Waals surface area contributed by atoms with Crippen molar-refractivity contribution in [2.24, 2.45) is 0 Å². The number of carbonyl (C=O) groups excluding carboxylic acids is 1. The zero-order chi connectivity index (χ0) is 20.7. The Labute approximate surface area is 173 Å². The smallest absolute Gasteiger partial charge is 0.251 e. The molecule has 0 saturated heterocycles. The molecular weight excluding hydrogens is 368 g/mol. The Bertz CT molecular complexity index is 775.